The number of hydrogen-bond acceptors (Lipinski definition) is 6. The van der Waals surface area contributed by atoms with Gasteiger partial charge in [0.05, 0.1) is 22.3 Å². The fourth-order valence-electron chi connectivity index (χ4n) is 3.18. The van der Waals surface area contributed by atoms with Crippen LogP contribution in [0.3, 0.4) is 0 Å². The van der Waals surface area contributed by atoms with E-state index in [9.17, 15) is 19.7 Å². The van der Waals surface area contributed by atoms with Crippen molar-refractivity contribution in [3.8, 4) is 5.75 Å². The third-order valence-electron chi connectivity index (χ3n) is 4.24. The summed E-state index contributed by atoms with van der Waals surface area (Å²) in [5.41, 5.74) is -0.104. The lowest BCUT2D eigenvalue weighted by atomic mass is 9.86. The van der Waals surface area contributed by atoms with E-state index in [1.54, 1.807) is 36.4 Å². The standard InChI is InChI=1S/C18H11NO6/c20-15-9-12(10-5-1-3-7-13(10)19(22)23)16-17(25-15)11-6-2-4-8-14(11)24-18(16)21/h1-8,12H,9H2/t12-/m1/s1. The van der Waals surface area contributed by atoms with Crippen LogP contribution in [0.5, 0.6) is 5.75 Å². The second-order valence-corrected chi connectivity index (χ2v) is 5.68. The van der Waals surface area contributed by atoms with Crippen LogP contribution >= 0.6 is 0 Å². The molecule has 1 atom stereocenters. The molecule has 124 valence electrons. The molecule has 0 bridgehead atoms. The van der Waals surface area contributed by atoms with Crippen molar-refractivity contribution in [2.75, 3.05) is 0 Å². The van der Waals surface area contributed by atoms with Crippen molar-refractivity contribution < 1.29 is 18.9 Å². The first-order valence-corrected chi connectivity index (χ1v) is 7.56. The lowest BCUT2D eigenvalue weighted by Crippen LogP contribution is -2.27. The number of rotatable bonds is 2. The Morgan fingerprint density at radius 1 is 1.04 bits per heavy atom. The van der Waals surface area contributed by atoms with Gasteiger partial charge in [0, 0.05) is 17.5 Å². The molecule has 0 unspecified atom stereocenters. The van der Waals surface area contributed by atoms with Gasteiger partial charge in [-0.05, 0) is 12.1 Å². The minimum absolute atomic E-state index is 0.117. The predicted octanol–water partition coefficient (Wildman–Crippen LogP) is 3.14. The Morgan fingerprint density at radius 3 is 2.56 bits per heavy atom. The first-order chi connectivity index (χ1) is 12.1. The van der Waals surface area contributed by atoms with Crippen molar-refractivity contribution in [2.45, 2.75) is 12.3 Å². The highest BCUT2D eigenvalue weighted by atomic mass is 16.6. The van der Waals surface area contributed by atoms with E-state index < -0.39 is 22.4 Å². The Balaban J connectivity index is 2.04. The molecule has 0 aliphatic carbocycles. The molecule has 7 nitrogen and oxygen atoms in total. The normalized spacial score (nSPS) is 16.3. The molecule has 2 heterocycles. The van der Waals surface area contributed by atoms with Crippen molar-refractivity contribution in [2.24, 2.45) is 0 Å². The molecule has 7 heteroatoms. The number of ether oxygens (including phenoxy) is 1. The number of benzene rings is 2. The van der Waals surface area contributed by atoms with Crippen LogP contribution in [0, 0.1) is 10.1 Å². The lowest BCUT2D eigenvalue weighted by Gasteiger charge is -2.24. The maximum absolute atomic E-state index is 12.5. The summed E-state index contributed by atoms with van der Waals surface area (Å²) in [6.07, 6.45) is -0.166. The number of hydrogen-bond donors (Lipinski definition) is 0. The number of carbonyl (C=O) groups is 1. The average Bonchev–Trinajstić information content (AvgIpc) is 2.61. The lowest BCUT2D eigenvalue weighted by molar-refractivity contribution is -0.385. The molecular weight excluding hydrogens is 326 g/mol. The molecule has 4 rings (SSSR count). The van der Waals surface area contributed by atoms with Gasteiger partial charge in [-0.15, -0.1) is 0 Å². The predicted molar refractivity (Wildman–Crippen MR) is 87.7 cm³/mol. The van der Waals surface area contributed by atoms with Crippen molar-refractivity contribution >= 4 is 22.6 Å². The van der Waals surface area contributed by atoms with Crippen molar-refractivity contribution in [1.29, 1.82) is 0 Å². The van der Waals surface area contributed by atoms with E-state index in [1.165, 1.54) is 12.1 Å². The average molecular weight is 337 g/mol. The molecule has 0 radical (unpaired) electrons. The first-order valence-electron chi connectivity index (χ1n) is 7.56. The summed E-state index contributed by atoms with van der Waals surface area (Å²) >= 11 is 0. The van der Waals surface area contributed by atoms with Gasteiger partial charge in [0.2, 0.25) is 0 Å². The third-order valence-corrected chi connectivity index (χ3v) is 4.24. The van der Waals surface area contributed by atoms with Crippen LogP contribution in [-0.4, -0.2) is 10.9 Å². The number of nitro groups is 1. The monoisotopic (exact) mass is 337 g/mol. The van der Waals surface area contributed by atoms with E-state index in [2.05, 4.69) is 0 Å². The summed E-state index contributed by atoms with van der Waals surface area (Å²) in [5.74, 6) is -1.23. The van der Waals surface area contributed by atoms with Gasteiger partial charge < -0.3 is 9.15 Å². The van der Waals surface area contributed by atoms with Crippen LogP contribution in [0.25, 0.3) is 11.0 Å². The molecule has 0 saturated carbocycles. The van der Waals surface area contributed by atoms with E-state index >= 15 is 0 Å². The molecule has 3 aromatic rings. The number of fused-ring (bicyclic) bond motifs is 3. The molecule has 0 saturated heterocycles. The maximum Gasteiger partial charge on any atom is 0.343 e. The minimum Gasteiger partial charge on any atom is -0.425 e. The molecule has 1 aliphatic heterocycles. The van der Waals surface area contributed by atoms with Crippen LogP contribution in [0.2, 0.25) is 0 Å². The van der Waals surface area contributed by atoms with Gasteiger partial charge in [0.25, 0.3) is 5.69 Å². The van der Waals surface area contributed by atoms with E-state index in [0.717, 1.165) is 0 Å². The SMILES string of the molecule is O=C1C[C@H](c2ccccc2[N+](=O)[O-])c2c(c3ccccc3oc2=O)O1. The number of nitro benzene ring substituents is 1. The Morgan fingerprint density at radius 2 is 1.76 bits per heavy atom. The third kappa shape index (κ3) is 2.37. The van der Waals surface area contributed by atoms with Gasteiger partial charge in [-0.1, -0.05) is 30.3 Å². The van der Waals surface area contributed by atoms with Gasteiger partial charge in [0.1, 0.15) is 5.58 Å². The quantitative estimate of drug-likeness (QED) is 0.308. The summed E-state index contributed by atoms with van der Waals surface area (Å²) in [6.45, 7) is 0. The Hall–Kier alpha value is -3.48. The Bertz CT molecular complexity index is 1080. The Labute approximate surface area is 140 Å². The van der Waals surface area contributed by atoms with Crippen LogP contribution < -0.4 is 10.4 Å². The molecule has 0 fully saturated rings. The first kappa shape index (κ1) is 15.1. The Kier molecular flexibility index (Phi) is 3.35. The molecule has 2 aromatic carbocycles. The summed E-state index contributed by atoms with van der Waals surface area (Å²) in [6, 6.07) is 12.7. The van der Waals surface area contributed by atoms with Crippen LogP contribution in [0.15, 0.2) is 57.7 Å². The van der Waals surface area contributed by atoms with Crippen LogP contribution in [0.1, 0.15) is 23.5 Å². The van der Waals surface area contributed by atoms with Gasteiger partial charge in [0.15, 0.2) is 5.75 Å². The fraction of sp³-hybridized carbons (Fsp3) is 0.111. The fourth-order valence-corrected chi connectivity index (χ4v) is 3.18. The summed E-state index contributed by atoms with van der Waals surface area (Å²) in [5, 5.41) is 11.8. The van der Waals surface area contributed by atoms with E-state index in [0.29, 0.717) is 11.0 Å². The maximum atomic E-state index is 12.5. The smallest absolute Gasteiger partial charge is 0.343 e. The minimum atomic E-state index is -0.793. The molecule has 0 N–H and O–H groups in total. The number of esters is 1. The van der Waals surface area contributed by atoms with E-state index in [1.807, 2.05) is 0 Å². The van der Waals surface area contributed by atoms with Crippen molar-refractivity contribution in [1.82, 2.24) is 0 Å². The molecule has 25 heavy (non-hydrogen) atoms. The van der Waals surface area contributed by atoms with Gasteiger partial charge in [-0.25, -0.2) is 4.79 Å². The molecule has 0 spiro atoms. The molecule has 0 amide bonds. The summed E-state index contributed by atoms with van der Waals surface area (Å²) in [4.78, 5) is 35.5. The largest absolute Gasteiger partial charge is 0.425 e. The topological polar surface area (TPSA) is 99.6 Å². The van der Waals surface area contributed by atoms with Gasteiger partial charge >= 0.3 is 11.6 Å². The molecule has 1 aliphatic rings. The molecular formula is C18H11NO6. The second kappa shape index (κ2) is 5.55. The number of para-hydroxylation sites is 2. The van der Waals surface area contributed by atoms with Gasteiger partial charge in [-0.2, -0.15) is 0 Å². The van der Waals surface area contributed by atoms with Crippen LogP contribution in [-0.2, 0) is 4.79 Å². The zero-order chi connectivity index (χ0) is 17.6. The van der Waals surface area contributed by atoms with Gasteiger partial charge in [-0.3, -0.25) is 14.9 Å². The van der Waals surface area contributed by atoms with Crippen LogP contribution in [0.4, 0.5) is 5.69 Å². The van der Waals surface area contributed by atoms with E-state index in [-0.39, 0.29) is 29.0 Å². The highest BCUT2D eigenvalue weighted by Crippen LogP contribution is 2.42. The number of nitrogens with zero attached hydrogens (tertiary/aromatic N) is 1. The summed E-state index contributed by atoms with van der Waals surface area (Å²) in [7, 11) is 0. The summed E-state index contributed by atoms with van der Waals surface area (Å²) < 4.78 is 10.6. The highest BCUT2D eigenvalue weighted by Gasteiger charge is 2.36. The zero-order valence-electron chi connectivity index (χ0n) is 12.8. The second-order valence-electron chi connectivity index (χ2n) is 5.68. The molecule has 1 aromatic heterocycles. The van der Waals surface area contributed by atoms with Crippen molar-refractivity contribution in [3.05, 3.63) is 80.2 Å². The van der Waals surface area contributed by atoms with Crippen molar-refractivity contribution in [3.63, 3.8) is 0 Å². The number of carbonyl (C=O) groups excluding carboxylic acids is 1. The van der Waals surface area contributed by atoms with E-state index in [4.69, 9.17) is 9.15 Å². The highest BCUT2D eigenvalue weighted by molar-refractivity contribution is 5.90. The zero-order valence-corrected chi connectivity index (χ0v) is 12.8.